The van der Waals surface area contributed by atoms with Crippen molar-refractivity contribution in [3.8, 4) is 16.9 Å². The smallest absolute Gasteiger partial charge is 0.259 e. The van der Waals surface area contributed by atoms with Gasteiger partial charge in [0.1, 0.15) is 5.69 Å². The maximum absolute atomic E-state index is 13.5. The molecule has 0 aliphatic heterocycles. The van der Waals surface area contributed by atoms with E-state index >= 15 is 0 Å². The highest BCUT2D eigenvalue weighted by molar-refractivity contribution is 6.36. The molecule has 6 nitrogen and oxygen atoms in total. The fourth-order valence-corrected chi connectivity index (χ4v) is 4.46. The summed E-state index contributed by atoms with van der Waals surface area (Å²) in [6, 6.07) is 24.8. The number of hydrogen-bond acceptors (Lipinski definition) is 3. The summed E-state index contributed by atoms with van der Waals surface area (Å²) in [6.45, 7) is 2.28. The summed E-state index contributed by atoms with van der Waals surface area (Å²) in [5.74, 6) is -0.265. The number of benzene rings is 3. The topological polar surface area (TPSA) is 64.7 Å². The van der Waals surface area contributed by atoms with E-state index in [9.17, 15) is 4.79 Å². The van der Waals surface area contributed by atoms with Gasteiger partial charge in [-0.25, -0.2) is 4.68 Å². The van der Waals surface area contributed by atoms with E-state index in [1.54, 1.807) is 40.0 Å². The van der Waals surface area contributed by atoms with Crippen LogP contribution >= 0.6 is 23.2 Å². The van der Waals surface area contributed by atoms with E-state index in [-0.39, 0.29) is 5.91 Å². The van der Waals surface area contributed by atoms with Crippen LogP contribution in [0.5, 0.6) is 0 Å². The first-order valence-electron chi connectivity index (χ1n) is 11.0. The highest BCUT2D eigenvalue weighted by atomic mass is 35.5. The molecule has 0 spiro atoms. The summed E-state index contributed by atoms with van der Waals surface area (Å²) in [6.07, 6.45) is 3.35. The molecule has 0 aliphatic rings. The van der Waals surface area contributed by atoms with Gasteiger partial charge in [-0.2, -0.15) is 10.2 Å². The molecule has 0 saturated carbocycles. The fourth-order valence-electron chi connectivity index (χ4n) is 3.95. The van der Waals surface area contributed by atoms with Crippen molar-refractivity contribution in [3.63, 3.8) is 0 Å². The van der Waals surface area contributed by atoms with Gasteiger partial charge < -0.3 is 5.32 Å². The van der Waals surface area contributed by atoms with Crippen molar-refractivity contribution in [2.24, 2.45) is 0 Å². The van der Waals surface area contributed by atoms with Crippen LogP contribution in [0.4, 0.5) is 5.69 Å². The van der Waals surface area contributed by atoms with Crippen molar-refractivity contribution in [2.45, 2.75) is 13.5 Å². The van der Waals surface area contributed by atoms with Crippen LogP contribution in [0.1, 0.15) is 21.6 Å². The lowest BCUT2D eigenvalue weighted by molar-refractivity contribution is 0.102. The van der Waals surface area contributed by atoms with E-state index in [0.29, 0.717) is 33.5 Å². The van der Waals surface area contributed by atoms with Crippen molar-refractivity contribution < 1.29 is 4.79 Å². The van der Waals surface area contributed by atoms with E-state index in [1.165, 1.54) is 0 Å². The van der Waals surface area contributed by atoms with Gasteiger partial charge >= 0.3 is 0 Å². The second kappa shape index (κ2) is 9.78. The Morgan fingerprint density at radius 2 is 1.57 bits per heavy atom. The minimum atomic E-state index is -0.265. The van der Waals surface area contributed by atoms with Crippen molar-refractivity contribution >= 4 is 34.8 Å². The Morgan fingerprint density at radius 1 is 0.914 bits per heavy atom. The first-order valence-corrected chi connectivity index (χ1v) is 11.7. The molecule has 2 heterocycles. The number of carbonyl (C=O) groups is 1. The lowest BCUT2D eigenvalue weighted by atomic mass is 10.1. The molecule has 1 N–H and O–H groups in total. The van der Waals surface area contributed by atoms with Crippen LogP contribution in [0.25, 0.3) is 16.9 Å². The van der Waals surface area contributed by atoms with Crippen LogP contribution in [0.2, 0.25) is 10.0 Å². The third-order valence-corrected chi connectivity index (χ3v) is 6.37. The highest BCUT2D eigenvalue weighted by Crippen LogP contribution is 2.29. The molecule has 0 unspecified atom stereocenters. The summed E-state index contributed by atoms with van der Waals surface area (Å²) in [7, 11) is 0. The molecule has 0 bridgehead atoms. The molecule has 35 heavy (non-hydrogen) atoms. The molecule has 174 valence electrons. The Bertz CT molecular complexity index is 1470. The number of nitrogens with one attached hydrogen (secondary N) is 1. The van der Waals surface area contributed by atoms with Gasteiger partial charge in [0.2, 0.25) is 0 Å². The molecular formula is C27H21Cl2N5O. The number of hydrogen-bond donors (Lipinski definition) is 1. The van der Waals surface area contributed by atoms with Gasteiger partial charge in [0.05, 0.1) is 35.4 Å². The van der Waals surface area contributed by atoms with Crippen LogP contribution in [0.15, 0.2) is 91.3 Å². The average molecular weight is 502 g/mol. The summed E-state index contributed by atoms with van der Waals surface area (Å²) in [5, 5.41) is 13.3. The van der Waals surface area contributed by atoms with E-state index in [0.717, 1.165) is 22.5 Å². The molecule has 0 radical (unpaired) electrons. The zero-order chi connectivity index (χ0) is 24.4. The van der Waals surface area contributed by atoms with Gasteiger partial charge in [-0.1, -0.05) is 77.8 Å². The molecular weight excluding hydrogens is 481 g/mol. The van der Waals surface area contributed by atoms with Crippen LogP contribution < -0.4 is 5.32 Å². The molecule has 0 saturated heterocycles. The number of amides is 1. The van der Waals surface area contributed by atoms with E-state index < -0.39 is 0 Å². The van der Waals surface area contributed by atoms with Crippen LogP contribution in [-0.4, -0.2) is 25.5 Å². The lowest BCUT2D eigenvalue weighted by Crippen LogP contribution is -2.14. The zero-order valence-electron chi connectivity index (χ0n) is 18.8. The molecule has 5 aromatic rings. The number of aromatic nitrogens is 4. The van der Waals surface area contributed by atoms with Crippen molar-refractivity contribution in [2.75, 3.05) is 5.32 Å². The first kappa shape index (κ1) is 22.9. The molecule has 0 aliphatic carbocycles. The van der Waals surface area contributed by atoms with Crippen molar-refractivity contribution in [1.82, 2.24) is 19.6 Å². The quantitative estimate of drug-likeness (QED) is 0.283. The standard InChI is InChI=1S/C27H21Cl2N5O/c1-18-25(26(19-9-4-2-5-10-19)32-34(18)21-11-6-3-7-12-21)27(35)31-20-15-30-33(16-20)17-22-23(28)13-8-14-24(22)29/h2-16H,17H2,1H3,(H,31,35). The SMILES string of the molecule is Cc1c(C(=O)Nc2cnn(Cc3c(Cl)cccc3Cl)c2)c(-c2ccccc2)nn1-c1ccccc1. The second-order valence-corrected chi connectivity index (χ2v) is 8.82. The Labute approximate surface area is 212 Å². The molecule has 5 rings (SSSR count). The van der Waals surface area contributed by atoms with Gasteiger partial charge in [-0.15, -0.1) is 0 Å². The number of carbonyl (C=O) groups excluding carboxylic acids is 1. The Morgan fingerprint density at radius 3 is 2.26 bits per heavy atom. The Balaban J connectivity index is 1.46. The summed E-state index contributed by atoms with van der Waals surface area (Å²) in [5.41, 5.74) is 4.92. The second-order valence-electron chi connectivity index (χ2n) is 8.00. The number of para-hydroxylation sites is 1. The van der Waals surface area contributed by atoms with E-state index in [4.69, 9.17) is 28.3 Å². The van der Waals surface area contributed by atoms with E-state index in [2.05, 4.69) is 10.4 Å². The molecule has 1 amide bonds. The van der Waals surface area contributed by atoms with Gasteiger partial charge in [-0.05, 0) is 31.2 Å². The Hall–Kier alpha value is -3.87. The maximum atomic E-state index is 13.5. The highest BCUT2D eigenvalue weighted by Gasteiger charge is 2.23. The normalized spacial score (nSPS) is 10.9. The third kappa shape index (κ3) is 4.71. The zero-order valence-corrected chi connectivity index (χ0v) is 20.3. The van der Waals surface area contributed by atoms with Gasteiger partial charge in [-0.3, -0.25) is 9.48 Å². The van der Waals surface area contributed by atoms with E-state index in [1.807, 2.05) is 67.6 Å². The minimum Gasteiger partial charge on any atom is -0.319 e. The lowest BCUT2D eigenvalue weighted by Gasteiger charge is -2.07. The number of rotatable bonds is 6. The average Bonchev–Trinajstić information content (AvgIpc) is 3.46. The maximum Gasteiger partial charge on any atom is 0.259 e. The monoisotopic (exact) mass is 501 g/mol. The molecule has 8 heteroatoms. The summed E-state index contributed by atoms with van der Waals surface area (Å²) < 4.78 is 3.47. The first-order chi connectivity index (χ1) is 17.0. The molecule has 2 aromatic heterocycles. The summed E-state index contributed by atoms with van der Waals surface area (Å²) in [4.78, 5) is 13.5. The predicted molar refractivity (Wildman–Crippen MR) is 139 cm³/mol. The molecule has 0 fully saturated rings. The van der Waals surface area contributed by atoms with Crippen LogP contribution in [0.3, 0.4) is 0 Å². The van der Waals surface area contributed by atoms with Crippen molar-refractivity contribution in [1.29, 1.82) is 0 Å². The predicted octanol–water partition coefficient (Wildman–Crippen LogP) is 6.65. The largest absolute Gasteiger partial charge is 0.319 e. The van der Waals surface area contributed by atoms with Gasteiger partial charge in [0.15, 0.2) is 0 Å². The Kier molecular flexibility index (Phi) is 6.40. The molecule has 3 aromatic carbocycles. The third-order valence-electron chi connectivity index (χ3n) is 5.66. The number of anilines is 1. The number of nitrogens with zero attached hydrogens (tertiary/aromatic N) is 4. The fraction of sp³-hybridized carbons (Fsp3) is 0.0741. The summed E-state index contributed by atoms with van der Waals surface area (Å²) >= 11 is 12.6. The van der Waals surface area contributed by atoms with Crippen LogP contribution in [-0.2, 0) is 6.54 Å². The molecule has 0 atom stereocenters. The minimum absolute atomic E-state index is 0.265. The number of halogens is 2. The van der Waals surface area contributed by atoms with Gasteiger partial charge in [0, 0.05) is 27.4 Å². The van der Waals surface area contributed by atoms with Gasteiger partial charge in [0.25, 0.3) is 5.91 Å². The van der Waals surface area contributed by atoms with Crippen molar-refractivity contribution in [3.05, 3.63) is 118 Å². The van der Waals surface area contributed by atoms with Crippen LogP contribution in [0, 0.1) is 6.92 Å².